The number of likely N-dealkylation sites (N-methyl/N-ethyl adjacent to an activating group) is 1. The molecule has 4 atom stereocenters. The Labute approximate surface area is 170 Å². The van der Waals surface area contributed by atoms with Crippen LogP contribution in [0.4, 0.5) is 0 Å². The van der Waals surface area contributed by atoms with Crippen LogP contribution in [0.3, 0.4) is 0 Å². The van der Waals surface area contributed by atoms with Gasteiger partial charge in [-0.3, -0.25) is 4.48 Å². The molecule has 0 radical (unpaired) electrons. The first-order chi connectivity index (χ1) is 13.9. The summed E-state index contributed by atoms with van der Waals surface area (Å²) in [7, 11) is 1.85. The molecule has 2 aliphatic rings. The van der Waals surface area contributed by atoms with Gasteiger partial charge in [-0.05, 0) is 29.0 Å². The number of piperidine rings is 1. The summed E-state index contributed by atoms with van der Waals surface area (Å²) in [5, 5.41) is 18.9. The van der Waals surface area contributed by atoms with Crippen LogP contribution < -0.4 is 0 Å². The predicted octanol–water partition coefficient (Wildman–Crippen LogP) is 3.83. The third-order valence-electron chi connectivity index (χ3n) is 6.73. The lowest BCUT2D eigenvalue weighted by Crippen LogP contribution is -2.54. The maximum atomic E-state index is 11.8. The van der Waals surface area contributed by atoms with E-state index >= 15 is 0 Å². The molecule has 1 aliphatic carbocycles. The Balaban J connectivity index is 1.73. The number of quaternary nitrogens is 1. The Morgan fingerprint density at radius 3 is 2.31 bits per heavy atom. The second-order valence-corrected chi connectivity index (χ2v) is 8.46. The molecule has 5 heteroatoms. The van der Waals surface area contributed by atoms with Crippen LogP contribution in [0.25, 0.3) is 0 Å². The summed E-state index contributed by atoms with van der Waals surface area (Å²) in [5.74, 6) is -1.33. The van der Waals surface area contributed by atoms with Crippen LogP contribution in [0.1, 0.15) is 41.4 Å². The fourth-order valence-corrected chi connectivity index (χ4v) is 5.34. The molecule has 2 aromatic carbocycles. The quantitative estimate of drug-likeness (QED) is 0.613. The summed E-state index contributed by atoms with van der Waals surface area (Å²) in [4.78, 5) is 23.1. The van der Waals surface area contributed by atoms with Gasteiger partial charge in [-0.2, -0.15) is 0 Å². The first-order valence-corrected chi connectivity index (χ1v) is 10.1. The van der Waals surface area contributed by atoms with E-state index in [9.17, 15) is 19.8 Å². The molecule has 150 valence electrons. The van der Waals surface area contributed by atoms with E-state index in [1.807, 2.05) is 19.2 Å². The van der Waals surface area contributed by atoms with E-state index < -0.39 is 11.9 Å². The molecule has 1 fully saturated rings. The van der Waals surface area contributed by atoms with Crippen LogP contribution in [-0.2, 0) is 9.59 Å². The minimum Gasteiger partial charge on any atom is -0.478 e. The van der Waals surface area contributed by atoms with E-state index in [-0.39, 0.29) is 16.1 Å². The number of carboxylic acids is 2. The number of rotatable bonds is 4. The van der Waals surface area contributed by atoms with Gasteiger partial charge in [0.2, 0.25) is 5.70 Å². The summed E-state index contributed by atoms with van der Waals surface area (Å²) in [6.45, 7) is 1.24. The number of hydrogen-bond donors (Lipinski definition) is 2. The summed E-state index contributed by atoms with van der Waals surface area (Å²) >= 11 is 0. The van der Waals surface area contributed by atoms with Crippen molar-refractivity contribution in [2.75, 3.05) is 20.1 Å². The number of nitrogens with zero attached hydrogens (tertiary/aromatic N) is 1. The maximum absolute atomic E-state index is 11.8. The fourth-order valence-electron chi connectivity index (χ4n) is 5.34. The predicted molar refractivity (Wildman–Crippen MR) is 109 cm³/mol. The van der Waals surface area contributed by atoms with Gasteiger partial charge in [-0.1, -0.05) is 54.6 Å². The number of fused-ring (bicyclic) bond motifs is 3. The third-order valence-corrected chi connectivity index (χ3v) is 6.73. The summed E-state index contributed by atoms with van der Waals surface area (Å²) in [6, 6.07) is 19.0. The zero-order valence-corrected chi connectivity index (χ0v) is 16.5. The van der Waals surface area contributed by atoms with Crippen LogP contribution in [-0.4, -0.2) is 46.8 Å². The molecule has 2 aromatic rings. The van der Waals surface area contributed by atoms with Gasteiger partial charge in [-0.25, -0.2) is 9.59 Å². The Bertz CT molecular complexity index is 968. The SMILES string of the molecule is C[N+]1(C(=CC(=O)O)C(=O)O)CCC2CC(c3ccccc3)c3ccccc3C2C1. The molecule has 2 N–H and O–H groups in total. The summed E-state index contributed by atoms with van der Waals surface area (Å²) in [5.41, 5.74) is 3.87. The average Bonchev–Trinajstić information content (AvgIpc) is 2.72. The molecule has 1 aliphatic heterocycles. The van der Waals surface area contributed by atoms with Crippen LogP contribution in [0, 0.1) is 5.92 Å². The highest BCUT2D eigenvalue weighted by Crippen LogP contribution is 2.50. The molecule has 0 aromatic heterocycles. The van der Waals surface area contributed by atoms with Crippen LogP contribution in [0.15, 0.2) is 66.4 Å². The minimum atomic E-state index is -1.21. The highest BCUT2D eigenvalue weighted by Gasteiger charge is 2.47. The number of hydrogen-bond acceptors (Lipinski definition) is 2. The zero-order chi connectivity index (χ0) is 20.6. The number of benzene rings is 2. The van der Waals surface area contributed by atoms with E-state index in [2.05, 4.69) is 42.5 Å². The van der Waals surface area contributed by atoms with Crippen LogP contribution in [0.5, 0.6) is 0 Å². The lowest BCUT2D eigenvalue weighted by atomic mass is 9.65. The zero-order valence-electron chi connectivity index (χ0n) is 16.5. The first-order valence-electron chi connectivity index (χ1n) is 10.1. The van der Waals surface area contributed by atoms with Gasteiger partial charge < -0.3 is 10.2 Å². The highest BCUT2D eigenvalue weighted by molar-refractivity contribution is 5.92. The largest absolute Gasteiger partial charge is 0.478 e. The summed E-state index contributed by atoms with van der Waals surface area (Å²) in [6.07, 6.45) is 2.78. The molecule has 0 amide bonds. The third kappa shape index (κ3) is 3.58. The van der Waals surface area contributed by atoms with Gasteiger partial charge in [-0.15, -0.1) is 0 Å². The standard InChI is InChI=1S/C24H25NO4/c1-25(22(24(28)29)14-23(26)27)12-11-17-13-20(16-7-3-2-4-8-16)18-9-5-6-10-19(18)21(17)15-25/h2-10,14,17,20-21H,11-13,15H2,1H3,(H-,26,27,28,29)/p+1. The number of carbonyl (C=O) groups is 2. The summed E-state index contributed by atoms with van der Waals surface area (Å²) < 4.78 is 0.146. The van der Waals surface area contributed by atoms with Gasteiger partial charge in [0.15, 0.2) is 0 Å². The van der Waals surface area contributed by atoms with E-state index in [1.54, 1.807) is 0 Å². The normalized spacial score (nSPS) is 28.9. The lowest BCUT2D eigenvalue weighted by molar-refractivity contribution is -0.876. The minimum absolute atomic E-state index is 0.0430. The molecule has 0 bridgehead atoms. The molecule has 4 unspecified atom stereocenters. The van der Waals surface area contributed by atoms with E-state index in [0.29, 0.717) is 24.9 Å². The Kier molecular flexibility index (Phi) is 5.01. The second-order valence-electron chi connectivity index (χ2n) is 8.46. The van der Waals surface area contributed by atoms with Crippen molar-refractivity contribution in [3.05, 3.63) is 83.1 Å². The van der Waals surface area contributed by atoms with Gasteiger partial charge >= 0.3 is 11.9 Å². The van der Waals surface area contributed by atoms with E-state index in [4.69, 9.17) is 0 Å². The topological polar surface area (TPSA) is 74.6 Å². The molecule has 4 rings (SSSR count). The molecule has 0 saturated carbocycles. The molecule has 0 spiro atoms. The van der Waals surface area contributed by atoms with Gasteiger partial charge in [0.05, 0.1) is 26.2 Å². The number of likely N-dealkylation sites (tertiary alicyclic amines) is 1. The monoisotopic (exact) mass is 392 g/mol. The van der Waals surface area contributed by atoms with Gasteiger partial charge in [0.1, 0.15) is 0 Å². The van der Waals surface area contributed by atoms with Crippen LogP contribution in [0.2, 0.25) is 0 Å². The smallest absolute Gasteiger partial charge is 0.390 e. The second kappa shape index (κ2) is 7.48. The average molecular weight is 392 g/mol. The number of carboxylic acid groups (broad SMARTS) is 2. The molecular weight excluding hydrogens is 366 g/mol. The Morgan fingerprint density at radius 2 is 1.66 bits per heavy atom. The molecule has 1 saturated heterocycles. The van der Waals surface area contributed by atoms with Gasteiger partial charge in [0.25, 0.3) is 0 Å². The fraction of sp³-hybridized carbons (Fsp3) is 0.333. The van der Waals surface area contributed by atoms with Crippen molar-refractivity contribution < 1.29 is 24.3 Å². The van der Waals surface area contributed by atoms with E-state index in [0.717, 1.165) is 18.9 Å². The molecule has 1 heterocycles. The Morgan fingerprint density at radius 1 is 1.00 bits per heavy atom. The number of aliphatic carboxylic acids is 2. The van der Waals surface area contributed by atoms with Crippen molar-refractivity contribution in [2.24, 2.45) is 5.92 Å². The van der Waals surface area contributed by atoms with Crippen molar-refractivity contribution in [1.82, 2.24) is 0 Å². The van der Waals surface area contributed by atoms with Crippen molar-refractivity contribution >= 4 is 11.9 Å². The van der Waals surface area contributed by atoms with Crippen molar-refractivity contribution in [3.63, 3.8) is 0 Å². The highest BCUT2D eigenvalue weighted by atomic mass is 16.4. The van der Waals surface area contributed by atoms with Gasteiger partial charge in [0, 0.05) is 18.3 Å². The molecule has 29 heavy (non-hydrogen) atoms. The van der Waals surface area contributed by atoms with Crippen molar-refractivity contribution in [1.29, 1.82) is 0 Å². The van der Waals surface area contributed by atoms with E-state index in [1.165, 1.54) is 16.7 Å². The van der Waals surface area contributed by atoms with Crippen molar-refractivity contribution in [3.8, 4) is 0 Å². The maximum Gasteiger partial charge on any atom is 0.390 e. The Hall–Kier alpha value is -2.92. The lowest BCUT2D eigenvalue weighted by Gasteiger charge is -2.48. The molecule has 5 nitrogen and oxygen atoms in total. The molecular formula is C24H26NO4+. The first kappa shape index (κ1) is 19.4. The van der Waals surface area contributed by atoms with Crippen molar-refractivity contribution in [2.45, 2.75) is 24.7 Å². The van der Waals surface area contributed by atoms with Crippen LogP contribution >= 0.6 is 0 Å².